The second kappa shape index (κ2) is 5.51. The van der Waals surface area contributed by atoms with E-state index in [4.69, 9.17) is 5.84 Å². The molecule has 0 fully saturated rings. The molecule has 7 nitrogen and oxygen atoms in total. The zero-order valence-corrected chi connectivity index (χ0v) is 10.4. The van der Waals surface area contributed by atoms with E-state index in [0.717, 1.165) is 22.2 Å². The van der Waals surface area contributed by atoms with E-state index in [1.54, 1.807) is 6.92 Å². The first kappa shape index (κ1) is 13.3. The highest BCUT2D eigenvalue weighted by Crippen LogP contribution is 2.04. The van der Waals surface area contributed by atoms with Gasteiger partial charge >= 0.3 is 11.7 Å². The molecule has 0 atom stereocenters. The van der Waals surface area contributed by atoms with Crippen molar-refractivity contribution in [3.05, 3.63) is 16.3 Å². The van der Waals surface area contributed by atoms with Crippen LogP contribution in [0, 0.1) is 12.8 Å². The van der Waals surface area contributed by atoms with Crippen LogP contribution in [-0.4, -0.2) is 27.0 Å². The molecule has 0 bridgehead atoms. The SMILES string of the molecule is CCC(CC)CNC(=O)n1nc(C)n(N)c1=O. The first-order chi connectivity index (χ1) is 8.01. The third kappa shape index (κ3) is 2.86. The average molecular weight is 241 g/mol. The van der Waals surface area contributed by atoms with Gasteiger partial charge in [-0.1, -0.05) is 26.7 Å². The van der Waals surface area contributed by atoms with Gasteiger partial charge < -0.3 is 11.2 Å². The number of nitrogens with one attached hydrogen (secondary N) is 1. The molecule has 1 rings (SSSR count). The standard InChI is InChI=1S/C10H19N5O2/c1-4-8(5-2)6-12-9(16)15-10(17)14(11)7(3)13-15/h8H,4-6,11H2,1-3H3,(H,12,16). The van der Waals surface area contributed by atoms with Crippen molar-refractivity contribution in [3.63, 3.8) is 0 Å². The third-order valence-electron chi connectivity index (χ3n) is 2.87. The van der Waals surface area contributed by atoms with Crippen molar-refractivity contribution in [3.8, 4) is 0 Å². The fourth-order valence-electron chi connectivity index (χ4n) is 1.49. The molecule has 0 aromatic carbocycles. The summed E-state index contributed by atoms with van der Waals surface area (Å²) in [5.74, 6) is 6.10. The monoisotopic (exact) mass is 241 g/mol. The van der Waals surface area contributed by atoms with Crippen LogP contribution in [0.1, 0.15) is 32.5 Å². The lowest BCUT2D eigenvalue weighted by Crippen LogP contribution is -2.40. The van der Waals surface area contributed by atoms with Crippen LogP contribution in [-0.2, 0) is 0 Å². The van der Waals surface area contributed by atoms with Crippen LogP contribution in [0.3, 0.4) is 0 Å². The number of hydrogen-bond donors (Lipinski definition) is 2. The second-order valence-electron chi connectivity index (χ2n) is 3.98. The fraction of sp³-hybridized carbons (Fsp3) is 0.700. The van der Waals surface area contributed by atoms with Crippen LogP contribution < -0.4 is 16.8 Å². The molecule has 0 aliphatic carbocycles. The number of aryl methyl sites for hydroxylation is 1. The molecule has 1 aromatic heterocycles. The van der Waals surface area contributed by atoms with Gasteiger partial charge in [0, 0.05) is 6.54 Å². The molecule has 0 spiro atoms. The first-order valence-electron chi connectivity index (χ1n) is 5.73. The van der Waals surface area contributed by atoms with E-state index in [2.05, 4.69) is 24.3 Å². The van der Waals surface area contributed by atoms with Crippen LogP contribution in [0.5, 0.6) is 0 Å². The van der Waals surface area contributed by atoms with Gasteiger partial charge in [-0.3, -0.25) is 0 Å². The Morgan fingerprint density at radius 3 is 2.47 bits per heavy atom. The zero-order chi connectivity index (χ0) is 13.0. The van der Waals surface area contributed by atoms with E-state index in [9.17, 15) is 9.59 Å². The number of hydrogen-bond acceptors (Lipinski definition) is 4. The Hall–Kier alpha value is -1.79. The summed E-state index contributed by atoms with van der Waals surface area (Å²) in [6, 6.07) is -0.533. The van der Waals surface area contributed by atoms with Gasteiger partial charge in [0.05, 0.1) is 0 Å². The van der Waals surface area contributed by atoms with Gasteiger partial charge in [0.15, 0.2) is 5.82 Å². The number of rotatable bonds is 4. The topological polar surface area (TPSA) is 94.9 Å². The van der Waals surface area contributed by atoms with Crippen molar-refractivity contribution in [1.82, 2.24) is 19.8 Å². The highest BCUT2D eigenvalue weighted by Gasteiger charge is 2.15. The predicted octanol–water partition coefficient (Wildman–Crippen LogP) is 0.0609. The summed E-state index contributed by atoms with van der Waals surface area (Å²) in [6.45, 7) is 6.22. The number of carbonyl (C=O) groups excluding carboxylic acids is 1. The van der Waals surface area contributed by atoms with Gasteiger partial charge in [-0.15, -0.1) is 9.78 Å². The number of nitrogens with two attached hydrogens (primary N) is 1. The lowest BCUT2D eigenvalue weighted by atomic mass is 10.0. The van der Waals surface area contributed by atoms with Crippen LogP contribution >= 0.6 is 0 Å². The quantitative estimate of drug-likeness (QED) is 0.729. The Labute approximate surface area is 99.6 Å². The molecule has 0 aliphatic rings. The summed E-state index contributed by atoms with van der Waals surface area (Å²) in [5.41, 5.74) is -0.635. The number of nitrogens with zero attached hydrogens (tertiary/aromatic N) is 3. The average Bonchev–Trinajstić information content (AvgIpc) is 2.58. The summed E-state index contributed by atoms with van der Waals surface area (Å²) in [5, 5.41) is 6.44. The molecule has 3 N–H and O–H groups in total. The van der Waals surface area contributed by atoms with Gasteiger partial charge in [-0.2, -0.15) is 4.68 Å². The number of amides is 1. The zero-order valence-electron chi connectivity index (χ0n) is 10.4. The first-order valence-corrected chi connectivity index (χ1v) is 5.73. The lowest BCUT2D eigenvalue weighted by molar-refractivity contribution is 0.236. The molecule has 0 unspecified atom stereocenters. The Balaban J connectivity index is 2.71. The summed E-state index contributed by atoms with van der Waals surface area (Å²) >= 11 is 0. The minimum absolute atomic E-state index is 0.299. The van der Waals surface area contributed by atoms with E-state index in [-0.39, 0.29) is 0 Å². The smallest absolute Gasteiger partial charge is 0.336 e. The Morgan fingerprint density at radius 1 is 1.47 bits per heavy atom. The van der Waals surface area contributed by atoms with Crippen LogP contribution in [0.15, 0.2) is 4.79 Å². The Kier molecular flexibility index (Phi) is 4.30. The van der Waals surface area contributed by atoms with Crippen molar-refractivity contribution in [2.75, 3.05) is 12.4 Å². The van der Waals surface area contributed by atoms with Crippen molar-refractivity contribution in [2.24, 2.45) is 5.92 Å². The van der Waals surface area contributed by atoms with E-state index < -0.39 is 11.7 Å². The van der Waals surface area contributed by atoms with Gasteiger partial charge in [-0.05, 0) is 12.8 Å². The summed E-state index contributed by atoms with van der Waals surface area (Å²) in [4.78, 5) is 23.2. The van der Waals surface area contributed by atoms with Crippen LogP contribution in [0.25, 0.3) is 0 Å². The molecular weight excluding hydrogens is 222 g/mol. The molecule has 1 heterocycles. The van der Waals surface area contributed by atoms with E-state index >= 15 is 0 Å². The van der Waals surface area contributed by atoms with Crippen molar-refractivity contribution >= 4 is 6.03 Å². The maximum Gasteiger partial charge on any atom is 0.373 e. The number of nitrogen functional groups attached to an aromatic ring is 1. The van der Waals surface area contributed by atoms with Crippen LogP contribution in [0.2, 0.25) is 0 Å². The lowest BCUT2D eigenvalue weighted by Gasteiger charge is -2.12. The van der Waals surface area contributed by atoms with Gasteiger partial charge in [0.25, 0.3) is 0 Å². The molecule has 1 aromatic rings. The van der Waals surface area contributed by atoms with E-state index in [1.807, 2.05) is 0 Å². The highest BCUT2D eigenvalue weighted by atomic mass is 16.2. The fourth-order valence-corrected chi connectivity index (χ4v) is 1.49. The molecule has 0 radical (unpaired) electrons. The summed E-state index contributed by atoms with van der Waals surface area (Å²) in [6.07, 6.45) is 1.96. The van der Waals surface area contributed by atoms with E-state index in [0.29, 0.717) is 18.3 Å². The maximum absolute atomic E-state index is 11.7. The normalized spacial score (nSPS) is 10.8. The van der Waals surface area contributed by atoms with Gasteiger partial charge in [0.2, 0.25) is 0 Å². The van der Waals surface area contributed by atoms with Gasteiger partial charge in [-0.25, -0.2) is 9.59 Å². The number of aromatic nitrogens is 3. The summed E-state index contributed by atoms with van der Waals surface area (Å²) in [7, 11) is 0. The second-order valence-corrected chi connectivity index (χ2v) is 3.98. The molecule has 1 amide bonds. The molecule has 0 saturated heterocycles. The Bertz CT molecular complexity index is 444. The molecule has 96 valence electrons. The van der Waals surface area contributed by atoms with Crippen molar-refractivity contribution < 1.29 is 4.79 Å². The Morgan fingerprint density at radius 2 is 2.06 bits per heavy atom. The molecule has 17 heavy (non-hydrogen) atoms. The molecule has 7 heteroatoms. The largest absolute Gasteiger partial charge is 0.373 e. The molecule has 0 saturated carbocycles. The minimum atomic E-state index is -0.635. The predicted molar refractivity (Wildman–Crippen MR) is 64.2 cm³/mol. The van der Waals surface area contributed by atoms with Crippen LogP contribution in [0.4, 0.5) is 4.79 Å². The minimum Gasteiger partial charge on any atom is -0.336 e. The summed E-state index contributed by atoms with van der Waals surface area (Å²) < 4.78 is 1.59. The van der Waals surface area contributed by atoms with E-state index in [1.165, 1.54) is 0 Å². The number of carbonyl (C=O) groups is 1. The third-order valence-corrected chi connectivity index (χ3v) is 2.87. The highest BCUT2D eigenvalue weighted by molar-refractivity contribution is 5.75. The van der Waals surface area contributed by atoms with Crippen molar-refractivity contribution in [1.29, 1.82) is 0 Å². The maximum atomic E-state index is 11.7. The molecule has 0 aliphatic heterocycles. The van der Waals surface area contributed by atoms with Gasteiger partial charge in [0.1, 0.15) is 0 Å². The van der Waals surface area contributed by atoms with Crippen molar-refractivity contribution in [2.45, 2.75) is 33.6 Å². The molecular formula is C10H19N5O2.